The first-order chi connectivity index (χ1) is 13.8. The van der Waals surface area contributed by atoms with Gasteiger partial charge in [0.25, 0.3) is 0 Å². The average molecular weight is 414 g/mol. The number of sulfone groups is 1. The molecular weight excluding hydrogens is 392 g/mol. The summed E-state index contributed by atoms with van der Waals surface area (Å²) in [6.07, 6.45) is 4.21. The largest absolute Gasteiger partial charge is 0.457 e. The van der Waals surface area contributed by atoms with E-state index in [1.165, 1.54) is 43.6 Å². The van der Waals surface area contributed by atoms with Crippen molar-refractivity contribution in [3.63, 3.8) is 0 Å². The second-order valence-electron chi connectivity index (χ2n) is 5.73. The van der Waals surface area contributed by atoms with Gasteiger partial charge in [-0.15, -0.1) is 0 Å². The fourth-order valence-corrected chi connectivity index (χ4v) is 2.86. The van der Waals surface area contributed by atoms with Crippen LogP contribution in [0.25, 0.3) is 0 Å². The van der Waals surface area contributed by atoms with Crippen LogP contribution in [0, 0.1) is 0 Å². The summed E-state index contributed by atoms with van der Waals surface area (Å²) >= 11 is 0. The number of ketones is 1. The second-order valence-corrected chi connectivity index (χ2v) is 7.74. The van der Waals surface area contributed by atoms with Gasteiger partial charge < -0.3 is 9.47 Å². The molecule has 3 rings (SSSR count). The topological polar surface area (TPSA) is 95.5 Å². The number of hydrogen-bond donors (Lipinski definition) is 0. The van der Waals surface area contributed by atoms with Crippen molar-refractivity contribution in [2.24, 2.45) is 0 Å². The molecule has 0 radical (unpaired) electrons. The minimum Gasteiger partial charge on any atom is -0.457 e. The van der Waals surface area contributed by atoms with Crippen LogP contribution in [0.2, 0.25) is 0 Å². The van der Waals surface area contributed by atoms with Crippen molar-refractivity contribution in [3.05, 3.63) is 66.5 Å². The molecule has 1 heterocycles. The normalized spacial score (nSPS) is 10.5. The van der Waals surface area contributed by atoms with E-state index >= 15 is 0 Å². The molecule has 0 spiro atoms. The van der Waals surface area contributed by atoms with E-state index in [9.17, 15) is 13.2 Å². The van der Waals surface area contributed by atoms with Crippen LogP contribution in [0.15, 0.2) is 65.8 Å². The third-order valence-electron chi connectivity index (χ3n) is 3.53. The van der Waals surface area contributed by atoms with Crippen LogP contribution in [-0.4, -0.2) is 30.4 Å². The van der Waals surface area contributed by atoms with E-state index in [1.54, 1.807) is 24.3 Å². The highest BCUT2D eigenvalue weighted by molar-refractivity contribution is 7.90. The Morgan fingerprint density at radius 3 is 1.93 bits per heavy atom. The van der Waals surface area contributed by atoms with Crippen molar-refractivity contribution in [1.29, 1.82) is 0 Å². The molecule has 0 atom stereocenters. The van der Waals surface area contributed by atoms with Gasteiger partial charge in [0.05, 0.1) is 4.90 Å². The molecule has 0 saturated carbocycles. The molecule has 0 amide bonds. The van der Waals surface area contributed by atoms with Gasteiger partial charge in [0.2, 0.25) is 0 Å². The highest BCUT2D eigenvalue weighted by Gasteiger charge is 2.11. The van der Waals surface area contributed by atoms with Gasteiger partial charge in [-0.25, -0.2) is 18.4 Å². The molecule has 0 aliphatic rings. The number of ether oxygens (including phenoxy) is 2. The third kappa shape index (κ3) is 6.39. The van der Waals surface area contributed by atoms with Gasteiger partial charge in [-0.3, -0.25) is 4.79 Å². The predicted molar refractivity (Wildman–Crippen MR) is 110 cm³/mol. The molecular formula is C21H22N2O5S. The van der Waals surface area contributed by atoms with Crippen LogP contribution in [-0.2, 0) is 9.84 Å². The van der Waals surface area contributed by atoms with Gasteiger partial charge >= 0.3 is 6.01 Å². The van der Waals surface area contributed by atoms with E-state index in [1.807, 2.05) is 13.8 Å². The first kappa shape index (κ1) is 22.0. The summed E-state index contributed by atoms with van der Waals surface area (Å²) in [6.45, 7) is 5.43. The lowest BCUT2D eigenvalue weighted by atomic mass is 10.1. The van der Waals surface area contributed by atoms with Crippen molar-refractivity contribution < 1.29 is 22.7 Å². The lowest BCUT2D eigenvalue weighted by Crippen LogP contribution is -1.98. The van der Waals surface area contributed by atoms with E-state index in [4.69, 9.17) is 9.47 Å². The van der Waals surface area contributed by atoms with Gasteiger partial charge in [0, 0.05) is 30.3 Å². The van der Waals surface area contributed by atoms with Crippen molar-refractivity contribution >= 4 is 15.6 Å². The van der Waals surface area contributed by atoms with Crippen molar-refractivity contribution in [2.45, 2.75) is 25.7 Å². The quantitative estimate of drug-likeness (QED) is 0.540. The Kier molecular flexibility index (Phi) is 7.44. The van der Waals surface area contributed by atoms with Gasteiger partial charge in [-0.1, -0.05) is 13.8 Å². The summed E-state index contributed by atoms with van der Waals surface area (Å²) in [4.78, 5) is 20.0. The zero-order valence-electron chi connectivity index (χ0n) is 16.6. The fourth-order valence-electron chi connectivity index (χ4n) is 2.23. The summed E-state index contributed by atoms with van der Waals surface area (Å²) in [5.74, 6) is 0.967. The Morgan fingerprint density at radius 1 is 0.862 bits per heavy atom. The molecule has 0 N–H and O–H groups in total. The molecule has 0 aliphatic carbocycles. The highest BCUT2D eigenvalue weighted by atomic mass is 32.2. The Morgan fingerprint density at radius 2 is 1.41 bits per heavy atom. The van der Waals surface area contributed by atoms with Crippen molar-refractivity contribution in [1.82, 2.24) is 9.97 Å². The third-order valence-corrected chi connectivity index (χ3v) is 4.65. The molecule has 2 aromatic carbocycles. The number of benzene rings is 2. The number of nitrogens with zero attached hydrogens (tertiary/aromatic N) is 2. The lowest BCUT2D eigenvalue weighted by Gasteiger charge is -2.10. The zero-order chi connectivity index (χ0) is 21.4. The molecule has 0 aliphatic heterocycles. The summed E-state index contributed by atoms with van der Waals surface area (Å²) in [5, 5.41) is 0. The van der Waals surface area contributed by atoms with Crippen LogP contribution in [0.3, 0.4) is 0 Å². The Balaban J connectivity index is 0.00000145. The second kappa shape index (κ2) is 9.79. The summed E-state index contributed by atoms with van der Waals surface area (Å²) < 4.78 is 34.4. The van der Waals surface area contributed by atoms with Crippen molar-refractivity contribution in [3.8, 4) is 23.3 Å². The summed E-state index contributed by atoms with van der Waals surface area (Å²) in [6, 6.07) is 12.5. The van der Waals surface area contributed by atoms with Crippen molar-refractivity contribution in [2.75, 3.05) is 6.26 Å². The zero-order valence-corrected chi connectivity index (χ0v) is 17.4. The first-order valence-electron chi connectivity index (χ1n) is 8.90. The molecule has 152 valence electrons. The molecule has 0 saturated heterocycles. The summed E-state index contributed by atoms with van der Waals surface area (Å²) in [5.41, 5.74) is 0.395. The van der Waals surface area contributed by atoms with Gasteiger partial charge in [0.15, 0.2) is 15.6 Å². The number of Topliss-reactive ketones (excluding diaryl/α,β-unsaturated/α-hetero) is 1. The van der Waals surface area contributed by atoms with Crippen LogP contribution in [0.4, 0.5) is 0 Å². The Labute approximate surface area is 170 Å². The molecule has 7 nitrogen and oxygen atoms in total. The van der Waals surface area contributed by atoms with Crippen LogP contribution < -0.4 is 9.47 Å². The standard InChI is InChI=1S/C19H16N2O5S.C2H6/c1-13(22)14-10-16(12-17(11-14)26-19-20-8-3-9-21-19)25-15-4-6-18(7-5-15)27(2,23)24;1-2/h3-12H,1-2H3;1-2H3. The van der Waals surface area contributed by atoms with E-state index in [2.05, 4.69) is 9.97 Å². The van der Waals surface area contributed by atoms with E-state index in [0.717, 1.165) is 6.26 Å². The highest BCUT2D eigenvalue weighted by Crippen LogP contribution is 2.30. The number of aromatic nitrogens is 2. The maximum Gasteiger partial charge on any atom is 0.321 e. The maximum absolute atomic E-state index is 11.8. The predicted octanol–water partition coefficient (Wildman–Crippen LogP) is 4.69. The van der Waals surface area contributed by atoms with E-state index in [-0.39, 0.29) is 16.7 Å². The molecule has 8 heteroatoms. The first-order valence-corrected chi connectivity index (χ1v) is 10.8. The monoisotopic (exact) mass is 414 g/mol. The minimum absolute atomic E-state index is 0.140. The Bertz CT molecular complexity index is 1070. The average Bonchev–Trinajstić information content (AvgIpc) is 2.70. The molecule has 1 aromatic heterocycles. The SMILES string of the molecule is CC.CC(=O)c1cc(Oc2ccc(S(C)(=O)=O)cc2)cc(Oc2ncccn2)c1. The van der Waals surface area contributed by atoms with Crippen LogP contribution >= 0.6 is 0 Å². The summed E-state index contributed by atoms with van der Waals surface area (Å²) in [7, 11) is -3.29. The number of carbonyl (C=O) groups is 1. The van der Waals surface area contributed by atoms with Gasteiger partial charge in [-0.05, 0) is 49.4 Å². The Hall–Kier alpha value is -3.26. The molecule has 3 aromatic rings. The molecule has 0 unspecified atom stereocenters. The number of carbonyl (C=O) groups excluding carboxylic acids is 1. The van der Waals surface area contributed by atoms with Gasteiger partial charge in [-0.2, -0.15) is 0 Å². The number of rotatable bonds is 6. The minimum atomic E-state index is -3.29. The van der Waals surface area contributed by atoms with E-state index < -0.39 is 9.84 Å². The molecule has 0 bridgehead atoms. The maximum atomic E-state index is 11.8. The van der Waals surface area contributed by atoms with E-state index in [0.29, 0.717) is 22.8 Å². The van der Waals surface area contributed by atoms with Crippen LogP contribution in [0.5, 0.6) is 23.3 Å². The lowest BCUT2D eigenvalue weighted by molar-refractivity contribution is 0.101. The smallest absolute Gasteiger partial charge is 0.321 e. The fraction of sp³-hybridized carbons (Fsp3) is 0.190. The molecule has 29 heavy (non-hydrogen) atoms. The van der Waals surface area contributed by atoms with Crippen LogP contribution in [0.1, 0.15) is 31.1 Å². The van der Waals surface area contributed by atoms with Gasteiger partial charge in [0.1, 0.15) is 17.2 Å². The molecule has 0 fully saturated rings. The number of hydrogen-bond acceptors (Lipinski definition) is 7.